The third-order valence-electron chi connectivity index (χ3n) is 2.36. The summed E-state index contributed by atoms with van der Waals surface area (Å²) in [6.45, 7) is 0. The average Bonchev–Trinajstić information content (AvgIpc) is 2.39. The molecule has 6 heteroatoms. The lowest BCUT2D eigenvalue weighted by Gasteiger charge is -2.10. The van der Waals surface area contributed by atoms with Gasteiger partial charge in [0.1, 0.15) is 0 Å². The zero-order chi connectivity index (χ0) is 13.7. The van der Waals surface area contributed by atoms with Gasteiger partial charge in [-0.2, -0.15) is 0 Å². The molecule has 0 saturated heterocycles. The maximum absolute atomic E-state index is 11.6. The molecule has 96 valence electrons. The second-order valence-corrected chi connectivity index (χ2v) is 3.64. The fourth-order valence-corrected chi connectivity index (χ4v) is 1.56. The van der Waals surface area contributed by atoms with Gasteiger partial charge in [0.15, 0.2) is 0 Å². The Kier molecular flexibility index (Phi) is 3.72. The van der Waals surface area contributed by atoms with Crippen LogP contribution >= 0.6 is 0 Å². The van der Waals surface area contributed by atoms with Gasteiger partial charge in [-0.05, 0) is 24.3 Å². The van der Waals surface area contributed by atoms with Gasteiger partial charge >= 0.3 is 11.1 Å². The molecule has 0 aromatic heterocycles. The Balaban J connectivity index is 2.26. The van der Waals surface area contributed by atoms with Crippen LogP contribution < -0.4 is 5.32 Å². The van der Waals surface area contributed by atoms with Crippen LogP contribution in [0.1, 0.15) is 10.4 Å². The molecule has 0 unspecified atom stereocenters. The third-order valence-corrected chi connectivity index (χ3v) is 2.36. The zero-order valence-corrected chi connectivity index (χ0v) is 9.78. The molecule has 0 bridgehead atoms. The highest BCUT2D eigenvalue weighted by Gasteiger charge is 2.14. The van der Waals surface area contributed by atoms with Crippen LogP contribution in [0.2, 0.25) is 0 Å². The van der Waals surface area contributed by atoms with Crippen molar-refractivity contribution in [3.05, 3.63) is 70.3 Å². The number of nitrogens with zero attached hydrogens (tertiary/aromatic N) is 1. The number of para-hydroxylation sites is 2. The molecule has 19 heavy (non-hydrogen) atoms. The number of carbonyl (C=O) groups excluding carboxylic acids is 1. The van der Waals surface area contributed by atoms with E-state index < -0.39 is 11.1 Å². The molecule has 6 nitrogen and oxygen atoms in total. The fraction of sp³-hybridized carbons (Fsp3) is 0. The number of carbonyl (C=O) groups is 1. The predicted octanol–water partition coefficient (Wildman–Crippen LogP) is 2.78. The molecule has 0 amide bonds. The fourth-order valence-electron chi connectivity index (χ4n) is 1.56. The van der Waals surface area contributed by atoms with Gasteiger partial charge in [0.05, 0.1) is 11.3 Å². The Hall–Kier alpha value is -2.89. The van der Waals surface area contributed by atoms with Crippen LogP contribution in [0.3, 0.4) is 0 Å². The van der Waals surface area contributed by atoms with Crippen LogP contribution in [-0.4, -0.2) is 11.1 Å². The molecule has 2 rings (SSSR count). The van der Waals surface area contributed by atoms with E-state index in [0.29, 0.717) is 5.69 Å². The van der Waals surface area contributed by atoms with Gasteiger partial charge in [-0.3, -0.25) is 4.79 Å². The lowest BCUT2D eigenvalue weighted by atomic mass is 10.1. The first kappa shape index (κ1) is 12.6. The molecule has 0 saturated carbocycles. The van der Waals surface area contributed by atoms with E-state index in [2.05, 4.69) is 10.2 Å². The molecule has 0 fully saturated rings. The molecule has 0 heterocycles. The van der Waals surface area contributed by atoms with Crippen LogP contribution in [0, 0.1) is 10.1 Å². The number of hydrogen-bond donors (Lipinski definition) is 1. The Morgan fingerprint density at radius 2 is 1.68 bits per heavy atom. The summed E-state index contributed by atoms with van der Waals surface area (Å²) in [6, 6.07) is 15.6. The lowest BCUT2D eigenvalue weighted by Crippen LogP contribution is -2.12. The van der Waals surface area contributed by atoms with E-state index in [1.807, 2.05) is 30.3 Å². The Labute approximate surface area is 108 Å². The molecule has 1 N–H and O–H groups in total. The largest absolute Gasteiger partial charge is 0.355 e. The van der Waals surface area contributed by atoms with Crippen LogP contribution in [0.4, 0.5) is 11.4 Å². The van der Waals surface area contributed by atoms with Gasteiger partial charge in [-0.1, -0.05) is 30.3 Å². The minimum atomic E-state index is -1.12. The summed E-state index contributed by atoms with van der Waals surface area (Å²) in [5, 5.41) is 12.1. The van der Waals surface area contributed by atoms with Gasteiger partial charge in [-0.25, -0.2) is 4.84 Å². The van der Waals surface area contributed by atoms with E-state index in [1.54, 1.807) is 18.2 Å². The SMILES string of the molecule is O=C(O[N+](=O)[O-])c1ccccc1Nc1ccccc1. The molecular formula is C13H10N2O4. The van der Waals surface area contributed by atoms with Crippen molar-refractivity contribution in [2.75, 3.05) is 5.32 Å². The summed E-state index contributed by atoms with van der Waals surface area (Å²) in [7, 11) is 0. The van der Waals surface area contributed by atoms with Gasteiger partial charge in [0.25, 0.3) is 0 Å². The first-order valence-corrected chi connectivity index (χ1v) is 5.44. The summed E-state index contributed by atoms with van der Waals surface area (Å²) in [6.07, 6.45) is 0. The van der Waals surface area contributed by atoms with Crippen molar-refractivity contribution in [3.63, 3.8) is 0 Å². The maximum Gasteiger partial charge on any atom is 0.336 e. The summed E-state index contributed by atoms with van der Waals surface area (Å²) >= 11 is 0. The van der Waals surface area contributed by atoms with E-state index in [1.165, 1.54) is 6.07 Å². The summed E-state index contributed by atoms with van der Waals surface area (Å²) in [4.78, 5) is 25.7. The molecule has 2 aromatic carbocycles. The van der Waals surface area contributed by atoms with E-state index >= 15 is 0 Å². The Morgan fingerprint density at radius 3 is 2.37 bits per heavy atom. The molecule has 0 aliphatic rings. The molecule has 2 aromatic rings. The zero-order valence-electron chi connectivity index (χ0n) is 9.78. The first-order valence-electron chi connectivity index (χ1n) is 5.44. The van der Waals surface area contributed by atoms with Crippen molar-refractivity contribution in [1.29, 1.82) is 0 Å². The summed E-state index contributed by atoms with van der Waals surface area (Å²) in [5.41, 5.74) is 1.31. The van der Waals surface area contributed by atoms with E-state index in [4.69, 9.17) is 0 Å². The van der Waals surface area contributed by atoms with Gasteiger partial charge < -0.3 is 5.32 Å². The molecule has 0 spiro atoms. The number of rotatable bonds is 4. The van der Waals surface area contributed by atoms with Crippen LogP contribution in [0.25, 0.3) is 0 Å². The van der Waals surface area contributed by atoms with E-state index in [-0.39, 0.29) is 5.56 Å². The minimum Gasteiger partial charge on any atom is -0.355 e. The van der Waals surface area contributed by atoms with Crippen LogP contribution in [0.5, 0.6) is 0 Å². The van der Waals surface area contributed by atoms with E-state index in [9.17, 15) is 14.9 Å². The number of anilines is 2. The van der Waals surface area contributed by atoms with Gasteiger partial charge in [0.2, 0.25) is 0 Å². The number of benzene rings is 2. The van der Waals surface area contributed by atoms with Crippen molar-refractivity contribution < 1.29 is 14.7 Å². The number of nitrogens with one attached hydrogen (secondary N) is 1. The van der Waals surface area contributed by atoms with E-state index in [0.717, 1.165) is 5.69 Å². The molecule has 0 aliphatic heterocycles. The van der Waals surface area contributed by atoms with Crippen molar-refractivity contribution in [1.82, 2.24) is 0 Å². The molecule has 0 radical (unpaired) electrons. The van der Waals surface area contributed by atoms with Crippen molar-refractivity contribution in [2.24, 2.45) is 0 Å². The Morgan fingerprint density at radius 1 is 1.05 bits per heavy atom. The molecular weight excluding hydrogens is 248 g/mol. The van der Waals surface area contributed by atoms with Gasteiger partial charge in [-0.15, -0.1) is 10.1 Å². The molecule has 0 aliphatic carbocycles. The van der Waals surface area contributed by atoms with Crippen LogP contribution in [0.15, 0.2) is 54.6 Å². The Bertz CT molecular complexity index is 599. The third kappa shape index (κ3) is 3.29. The quantitative estimate of drug-likeness (QED) is 0.673. The number of hydrogen-bond acceptors (Lipinski definition) is 5. The highest BCUT2D eigenvalue weighted by Crippen LogP contribution is 2.21. The van der Waals surface area contributed by atoms with Crippen molar-refractivity contribution >= 4 is 17.3 Å². The lowest BCUT2D eigenvalue weighted by molar-refractivity contribution is -0.727. The maximum atomic E-state index is 11.6. The second-order valence-electron chi connectivity index (χ2n) is 3.64. The van der Waals surface area contributed by atoms with Crippen molar-refractivity contribution in [2.45, 2.75) is 0 Å². The normalized spacial score (nSPS) is 9.68. The first-order chi connectivity index (χ1) is 9.16. The monoisotopic (exact) mass is 258 g/mol. The smallest absolute Gasteiger partial charge is 0.336 e. The van der Waals surface area contributed by atoms with Gasteiger partial charge in [0, 0.05) is 5.69 Å². The van der Waals surface area contributed by atoms with Crippen LogP contribution in [-0.2, 0) is 4.84 Å². The minimum absolute atomic E-state index is 0.100. The summed E-state index contributed by atoms with van der Waals surface area (Å²) in [5.74, 6) is -1.01. The summed E-state index contributed by atoms with van der Waals surface area (Å²) < 4.78 is 0. The van der Waals surface area contributed by atoms with Crippen molar-refractivity contribution in [3.8, 4) is 0 Å². The molecule has 0 atom stereocenters. The highest BCUT2D eigenvalue weighted by atomic mass is 17.0. The standard InChI is InChI=1S/C13H10N2O4/c16-13(19-15(17)18)11-8-4-5-9-12(11)14-10-6-2-1-3-7-10/h1-9,14H. The predicted molar refractivity (Wildman–Crippen MR) is 68.6 cm³/mol. The highest BCUT2D eigenvalue weighted by molar-refractivity contribution is 5.96. The average molecular weight is 258 g/mol. The second kappa shape index (κ2) is 5.63. The topological polar surface area (TPSA) is 81.5 Å².